The normalized spacial score (nSPS) is 20.6. The Morgan fingerprint density at radius 2 is 1.94 bits per heavy atom. The molecule has 0 radical (unpaired) electrons. The molecule has 0 heterocycles. The molecule has 1 heteroatoms. The summed E-state index contributed by atoms with van der Waals surface area (Å²) in [5.74, 6) is 1.56. The number of allylic oxidation sites excluding steroid dienone is 3. The standard InChI is InChI=1S/C15H26S/c1-5-8-12(2)15(3,4)14-10-7-6-9-13(14)11-16/h5,8,12,16H,6-7,9-11H2,1-4H3/b8-5-. The Morgan fingerprint density at radius 1 is 1.31 bits per heavy atom. The summed E-state index contributed by atoms with van der Waals surface area (Å²) in [5.41, 5.74) is 3.58. The summed E-state index contributed by atoms with van der Waals surface area (Å²) in [6.45, 7) is 9.22. The van der Waals surface area contributed by atoms with E-state index >= 15 is 0 Å². The van der Waals surface area contributed by atoms with Crippen LogP contribution in [0.4, 0.5) is 0 Å². The fourth-order valence-electron chi connectivity index (χ4n) is 2.72. The summed E-state index contributed by atoms with van der Waals surface area (Å²) < 4.78 is 0. The van der Waals surface area contributed by atoms with E-state index in [1.807, 2.05) is 0 Å². The lowest BCUT2D eigenvalue weighted by Gasteiger charge is -2.37. The van der Waals surface area contributed by atoms with Crippen molar-refractivity contribution < 1.29 is 0 Å². The second-order valence-electron chi connectivity index (χ2n) is 5.48. The van der Waals surface area contributed by atoms with Gasteiger partial charge in [0.1, 0.15) is 0 Å². The van der Waals surface area contributed by atoms with Gasteiger partial charge in [0.2, 0.25) is 0 Å². The van der Waals surface area contributed by atoms with Gasteiger partial charge in [-0.25, -0.2) is 0 Å². The first-order valence-corrected chi connectivity index (χ1v) is 7.12. The molecule has 1 unspecified atom stereocenters. The highest BCUT2D eigenvalue weighted by atomic mass is 32.1. The lowest BCUT2D eigenvalue weighted by molar-refractivity contribution is 0.319. The second-order valence-corrected chi connectivity index (χ2v) is 5.80. The molecule has 92 valence electrons. The lowest BCUT2D eigenvalue weighted by atomic mass is 9.68. The molecule has 0 bridgehead atoms. The minimum absolute atomic E-state index is 0.297. The van der Waals surface area contributed by atoms with Crippen LogP contribution in [0, 0.1) is 11.3 Å². The van der Waals surface area contributed by atoms with Crippen LogP contribution in [0.15, 0.2) is 23.3 Å². The van der Waals surface area contributed by atoms with Gasteiger partial charge in [0.15, 0.2) is 0 Å². The highest BCUT2D eigenvalue weighted by molar-refractivity contribution is 7.80. The van der Waals surface area contributed by atoms with Gasteiger partial charge in [-0.2, -0.15) is 12.6 Å². The zero-order valence-corrected chi connectivity index (χ0v) is 12.1. The van der Waals surface area contributed by atoms with Crippen molar-refractivity contribution in [2.75, 3.05) is 5.75 Å². The first-order valence-electron chi connectivity index (χ1n) is 6.49. The molecule has 0 aromatic rings. The third kappa shape index (κ3) is 2.94. The quantitative estimate of drug-likeness (QED) is 0.515. The average molecular weight is 238 g/mol. The predicted molar refractivity (Wildman–Crippen MR) is 77.1 cm³/mol. The molecule has 16 heavy (non-hydrogen) atoms. The van der Waals surface area contributed by atoms with Gasteiger partial charge in [0.25, 0.3) is 0 Å². The molecule has 0 nitrogen and oxygen atoms in total. The van der Waals surface area contributed by atoms with Crippen LogP contribution in [0.25, 0.3) is 0 Å². The van der Waals surface area contributed by atoms with Gasteiger partial charge >= 0.3 is 0 Å². The highest BCUT2D eigenvalue weighted by Gasteiger charge is 2.31. The fraction of sp³-hybridized carbons (Fsp3) is 0.733. The van der Waals surface area contributed by atoms with E-state index in [0.29, 0.717) is 11.3 Å². The van der Waals surface area contributed by atoms with E-state index in [2.05, 4.69) is 52.5 Å². The van der Waals surface area contributed by atoms with Gasteiger partial charge in [0, 0.05) is 5.75 Å². The molecule has 1 rings (SSSR count). The predicted octanol–water partition coefficient (Wildman–Crippen LogP) is 5.03. The van der Waals surface area contributed by atoms with Crippen LogP contribution in [-0.2, 0) is 0 Å². The number of rotatable bonds is 4. The van der Waals surface area contributed by atoms with Gasteiger partial charge < -0.3 is 0 Å². The first kappa shape index (κ1) is 13.9. The van der Waals surface area contributed by atoms with Crippen LogP contribution in [-0.4, -0.2) is 5.75 Å². The largest absolute Gasteiger partial charge is 0.175 e. The van der Waals surface area contributed by atoms with Crippen LogP contribution in [0.5, 0.6) is 0 Å². The van der Waals surface area contributed by atoms with E-state index in [1.54, 1.807) is 11.1 Å². The van der Waals surface area contributed by atoms with Gasteiger partial charge in [0.05, 0.1) is 0 Å². The summed E-state index contributed by atoms with van der Waals surface area (Å²) in [4.78, 5) is 0. The Kier molecular flexibility index (Phi) is 5.17. The molecule has 0 spiro atoms. The zero-order valence-electron chi connectivity index (χ0n) is 11.2. The molecule has 1 atom stereocenters. The van der Waals surface area contributed by atoms with E-state index in [-0.39, 0.29) is 0 Å². The van der Waals surface area contributed by atoms with Gasteiger partial charge in [-0.1, -0.05) is 44.1 Å². The number of thiol groups is 1. The maximum atomic E-state index is 4.50. The minimum atomic E-state index is 0.297. The molecule has 0 saturated heterocycles. The molecule has 0 amide bonds. The summed E-state index contributed by atoms with van der Waals surface area (Å²) >= 11 is 4.50. The summed E-state index contributed by atoms with van der Waals surface area (Å²) in [5, 5.41) is 0. The Morgan fingerprint density at radius 3 is 2.50 bits per heavy atom. The van der Waals surface area contributed by atoms with Crippen molar-refractivity contribution in [3.05, 3.63) is 23.3 Å². The molecule has 1 aliphatic carbocycles. The minimum Gasteiger partial charge on any atom is -0.175 e. The average Bonchev–Trinajstić information content (AvgIpc) is 2.29. The molecule has 0 fully saturated rings. The summed E-state index contributed by atoms with van der Waals surface area (Å²) in [6, 6.07) is 0. The Balaban J connectivity index is 2.99. The van der Waals surface area contributed by atoms with Crippen LogP contribution in [0.3, 0.4) is 0 Å². The van der Waals surface area contributed by atoms with Crippen molar-refractivity contribution in [1.29, 1.82) is 0 Å². The highest BCUT2D eigenvalue weighted by Crippen LogP contribution is 2.43. The Bertz CT molecular complexity index is 284. The molecule has 0 aliphatic heterocycles. The van der Waals surface area contributed by atoms with Crippen molar-refractivity contribution in [3.8, 4) is 0 Å². The maximum Gasteiger partial charge on any atom is 0.0115 e. The molecular weight excluding hydrogens is 212 g/mol. The van der Waals surface area contributed by atoms with E-state index in [9.17, 15) is 0 Å². The van der Waals surface area contributed by atoms with Crippen LogP contribution in [0.1, 0.15) is 53.4 Å². The van der Waals surface area contributed by atoms with Crippen molar-refractivity contribution in [2.24, 2.45) is 11.3 Å². The van der Waals surface area contributed by atoms with Crippen LogP contribution < -0.4 is 0 Å². The maximum absolute atomic E-state index is 4.50. The summed E-state index contributed by atoms with van der Waals surface area (Å²) in [7, 11) is 0. The third-order valence-corrected chi connectivity index (χ3v) is 4.55. The fourth-order valence-corrected chi connectivity index (χ4v) is 3.07. The van der Waals surface area contributed by atoms with E-state index in [0.717, 1.165) is 5.75 Å². The molecule has 1 aliphatic rings. The van der Waals surface area contributed by atoms with Gasteiger partial charge in [-0.05, 0) is 43.9 Å². The number of hydrogen-bond acceptors (Lipinski definition) is 1. The molecule has 0 aromatic carbocycles. The van der Waals surface area contributed by atoms with Crippen LogP contribution >= 0.6 is 12.6 Å². The molecule has 0 N–H and O–H groups in total. The smallest absolute Gasteiger partial charge is 0.0115 e. The molecule has 0 aromatic heterocycles. The van der Waals surface area contributed by atoms with E-state index in [1.165, 1.54) is 25.7 Å². The monoisotopic (exact) mass is 238 g/mol. The van der Waals surface area contributed by atoms with Gasteiger partial charge in [-0.3, -0.25) is 0 Å². The Labute approximate surface area is 107 Å². The second kappa shape index (κ2) is 5.95. The number of hydrogen-bond donors (Lipinski definition) is 1. The van der Waals surface area contributed by atoms with E-state index < -0.39 is 0 Å². The topological polar surface area (TPSA) is 0 Å². The molecule has 0 saturated carbocycles. The van der Waals surface area contributed by atoms with Crippen molar-refractivity contribution >= 4 is 12.6 Å². The van der Waals surface area contributed by atoms with Crippen molar-refractivity contribution in [2.45, 2.75) is 53.4 Å². The third-order valence-electron chi connectivity index (χ3n) is 4.17. The van der Waals surface area contributed by atoms with Gasteiger partial charge in [-0.15, -0.1) is 0 Å². The van der Waals surface area contributed by atoms with E-state index in [4.69, 9.17) is 0 Å². The first-order chi connectivity index (χ1) is 7.54. The van der Waals surface area contributed by atoms with Crippen LogP contribution in [0.2, 0.25) is 0 Å². The van der Waals surface area contributed by atoms with Crippen molar-refractivity contribution in [1.82, 2.24) is 0 Å². The SMILES string of the molecule is C/C=C\C(C)C(C)(C)C1=C(CS)CCCC1. The Hall–Kier alpha value is -0.170. The van der Waals surface area contributed by atoms with Crippen molar-refractivity contribution in [3.63, 3.8) is 0 Å². The molecular formula is C15H26S. The summed E-state index contributed by atoms with van der Waals surface area (Å²) in [6.07, 6.45) is 9.77. The zero-order chi connectivity index (χ0) is 12.2. The lowest BCUT2D eigenvalue weighted by Crippen LogP contribution is -2.26.